The SMILES string of the molecule is COCC(C)NC(=O)NC(=O)CN(C)Cc1ccc(Cl)c(Cl)c1. The Labute approximate surface area is 146 Å². The van der Waals surface area contributed by atoms with Gasteiger partial charge in [0.1, 0.15) is 0 Å². The Kier molecular flexibility index (Phi) is 8.33. The van der Waals surface area contributed by atoms with Gasteiger partial charge in [0.25, 0.3) is 0 Å². The predicted octanol–water partition coefficient (Wildman–Crippen LogP) is 2.29. The van der Waals surface area contributed by atoms with E-state index in [0.29, 0.717) is 23.2 Å². The van der Waals surface area contributed by atoms with Gasteiger partial charge in [-0.2, -0.15) is 0 Å². The third kappa shape index (κ3) is 7.65. The zero-order chi connectivity index (χ0) is 17.4. The van der Waals surface area contributed by atoms with Crippen molar-refractivity contribution < 1.29 is 14.3 Å². The number of ether oxygens (including phenoxy) is 1. The standard InChI is InChI=1S/C15H21Cl2N3O3/c1-10(9-23-3)18-15(22)19-14(21)8-20(2)7-11-4-5-12(16)13(17)6-11/h4-6,10H,7-9H2,1-3H3,(H2,18,19,21,22). The van der Waals surface area contributed by atoms with Crippen LogP contribution in [0.1, 0.15) is 12.5 Å². The fraction of sp³-hybridized carbons (Fsp3) is 0.467. The molecule has 23 heavy (non-hydrogen) atoms. The lowest BCUT2D eigenvalue weighted by Crippen LogP contribution is -2.47. The first-order valence-corrected chi connectivity index (χ1v) is 7.79. The van der Waals surface area contributed by atoms with E-state index in [1.807, 2.05) is 6.07 Å². The van der Waals surface area contributed by atoms with E-state index in [4.69, 9.17) is 27.9 Å². The van der Waals surface area contributed by atoms with Crippen LogP contribution in [0.5, 0.6) is 0 Å². The van der Waals surface area contributed by atoms with Gasteiger partial charge in [0.2, 0.25) is 5.91 Å². The van der Waals surface area contributed by atoms with E-state index in [9.17, 15) is 9.59 Å². The summed E-state index contributed by atoms with van der Waals surface area (Å²) >= 11 is 11.8. The van der Waals surface area contributed by atoms with Crippen LogP contribution in [0, 0.1) is 0 Å². The van der Waals surface area contributed by atoms with Crippen molar-refractivity contribution in [1.82, 2.24) is 15.5 Å². The Balaban J connectivity index is 2.41. The molecule has 0 radical (unpaired) electrons. The third-order valence-electron chi connectivity index (χ3n) is 2.90. The van der Waals surface area contributed by atoms with Crippen molar-refractivity contribution in [2.75, 3.05) is 27.3 Å². The molecule has 1 atom stereocenters. The van der Waals surface area contributed by atoms with Crippen LogP contribution in [0.3, 0.4) is 0 Å². The Morgan fingerprint density at radius 3 is 2.61 bits per heavy atom. The molecule has 0 aliphatic heterocycles. The van der Waals surface area contributed by atoms with Crippen LogP contribution in [-0.4, -0.2) is 50.2 Å². The van der Waals surface area contributed by atoms with Crippen molar-refractivity contribution in [1.29, 1.82) is 0 Å². The van der Waals surface area contributed by atoms with Crippen LogP contribution in [0.4, 0.5) is 4.79 Å². The number of nitrogens with one attached hydrogen (secondary N) is 2. The quantitative estimate of drug-likeness (QED) is 0.781. The van der Waals surface area contributed by atoms with Crippen molar-refractivity contribution in [3.63, 3.8) is 0 Å². The Morgan fingerprint density at radius 1 is 1.30 bits per heavy atom. The number of amides is 3. The minimum absolute atomic E-state index is 0.0757. The van der Waals surface area contributed by atoms with Crippen LogP contribution < -0.4 is 10.6 Å². The molecule has 0 aliphatic rings. The summed E-state index contributed by atoms with van der Waals surface area (Å²) in [5.41, 5.74) is 0.924. The molecule has 2 N–H and O–H groups in total. The molecule has 128 valence electrons. The largest absolute Gasteiger partial charge is 0.383 e. The first kappa shape index (κ1) is 19.7. The van der Waals surface area contributed by atoms with Gasteiger partial charge in [-0.3, -0.25) is 15.0 Å². The maximum absolute atomic E-state index is 11.8. The van der Waals surface area contributed by atoms with E-state index in [1.165, 1.54) is 0 Å². The van der Waals surface area contributed by atoms with Crippen molar-refractivity contribution in [3.8, 4) is 0 Å². The van der Waals surface area contributed by atoms with E-state index in [0.717, 1.165) is 5.56 Å². The molecule has 0 saturated carbocycles. The summed E-state index contributed by atoms with van der Waals surface area (Å²) < 4.78 is 4.90. The zero-order valence-electron chi connectivity index (χ0n) is 13.4. The number of rotatable bonds is 7. The summed E-state index contributed by atoms with van der Waals surface area (Å²) in [4.78, 5) is 25.2. The average molecular weight is 362 g/mol. The zero-order valence-corrected chi connectivity index (χ0v) is 14.9. The number of benzene rings is 1. The van der Waals surface area contributed by atoms with Crippen LogP contribution in [0.2, 0.25) is 10.0 Å². The second kappa shape index (κ2) is 9.72. The number of nitrogens with zero attached hydrogens (tertiary/aromatic N) is 1. The first-order chi connectivity index (χ1) is 10.8. The van der Waals surface area contributed by atoms with Crippen molar-refractivity contribution in [3.05, 3.63) is 33.8 Å². The van der Waals surface area contributed by atoms with E-state index >= 15 is 0 Å². The van der Waals surface area contributed by atoms with Gasteiger partial charge in [0.15, 0.2) is 0 Å². The number of methoxy groups -OCH3 is 1. The number of urea groups is 1. The van der Waals surface area contributed by atoms with E-state index in [-0.39, 0.29) is 12.6 Å². The van der Waals surface area contributed by atoms with Crippen molar-refractivity contribution in [2.45, 2.75) is 19.5 Å². The third-order valence-corrected chi connectivity index (χ3v) is 3.64. The lowest BCUT2D eigenvalue weighted by atomic mass is 10.2. The number of imide groups is 1. The van der Waals surface area contributed by atoms with Crippen molar-refractivity contribution in [2.24, 2.45) is 0 Å². The maximum atomic E-state index is 11.8. The van der Waals surface area contributed by atoms with Gasteiger partial charge in [-0.25, -0.2) is 4.79 Å². The number of carbonyl (C=O) groups excluding carboxylic acids is 2. The molecule has 6 nitrogen and oxygen atoms in total. The highest BCUT2D eigenvalue weighted by Gasteiger charge is 2.13. The molecule has 0 spiro atoms. The minimum Gasteiger partial charge on any atom is -0.383 e. The fourth-order valence-electron chi connectivity index (χ4n) is 1.97. The van der Waals surface area contributed by atoms with E-state index < -0.39 is 11.9 Å². The van der Waals surface area contributed by atoms with Crippen molar-refractivity contribution >= 4 is 35.1 Å². The predicted molar refractivity (Wildman–Crippen MR) is 90.8 cm³/mol. The van der Waals surface area contributed by atoms with Gasteiger partial charge in [-0.05, 0) is 31.7 Å². The minimum atomic E-state index is -0.539. The molecule has 0 bridgehead atoms. The number of halogens is 2. The number of carbonyl (C=O) groups is 2. The molecular formula is C15H21Cl2N3O3. The summed E-state index contributed by atoms with van der Waals surface area (Å²) in [6.45, 7) is 2.74. The van der Waals surface area contributed by atoms with E-state index in [1.54, 1.807) is 38.1 Å². The number of hydrogen-bond acceptors (Lipinski definition) is 4. The molecule has 0 fully saturated rings. The van der Waals surface area contributed by atoms with Crippen LogP contribution in [0.15, 0.2) is 18.2 Å². The van der Waals surface area contributed by atoms with Crippen LogP contribution in [-0.2, 0) is 16.1 Å². The van der Waals surface area contributed by atoms with Gasteiger partial charge in [0, 0.05) is 13.7 Å². The molecule has 8 heteroatoms. The van der Waals surface area contributed by atoms with E-state index in [2.05, 4.69) is 10.6 Å². The maximum Gasteiger partial charge on any atom is 0.321 e. The molecule has 1 unspecified atom stereocenters. The van der Waals surface area contributed by atoms with Gasteiger partial charge >= 0.3 is 6.03 Å². The van der Waals surface area contributed by atoms with Gasteiger partial charge in [-0.1, -0.05) is 29.3 Å². The Morgan fingerprint density at radius 2 is 2.00 bits per heavy atom. The average Bonchev–Trinajstić information content (AvgIpc) is 2.42. The topological polar surface area (TPSA) is 70.7 Å². The Bertz CT molecular complexity index is 555. The summed E-state index contributed by atoms with van der Waals surface area (Å²) in [5, 5.41) is 5.83. The Hall–Kier alpha value is -1.34. The summed E-state index contributed by atoms with van der Waals surface area (Å²) in [6.07, 6.45) is 0. The molecule has 0 saturated heterocycles. The monoisotopic (exact) mass is 361 g/mol. The number of hydrogen-bond donors (Lipinski definition) is 2. The highest BCUT2D eigenvalue weighted by Crippen LogP contribution is 2.22. The first-order valence-electron chi connectivity index (χ1n) is 7.03. The summed E-state index contributed by atoms with van der Waals surface area (Å²) in [7, 11) is 3.31. The molecule has 0 heterocycles. The van der Waals surface area contributed by atoms with Gasteiger partial charge in [0.05, 0.1) is 29.2 Å². The lowest BCUT2D eigenvalue weighted by molar-refractivity contribution is -0.121. The summed E-state index contributed by atoms with van der Waals surface area (Å²) in [6, 6.07) is 4.57. The highest BCUT2D eigenvalue weighted by molar-refractivity contribution is 6.42. The van der Waals surface area contributed by atoms with Gasteiger partial charge in [-0.15, -0.1) is 0 Å². The van der Waals surface area contributed by atoms with Crippen LogP contribution in [0.25, 0.3) is 0 Å². The molecule has 1 aromatic carbocycles. The fourth-order valence-corrected chi connectivity index (χ4v) is 2.29. The number of likely N-dealkylation sites (N-methyl/N-ethyl adjacent to an activating group) is 1. The molecule has 0 aromatic heterocycles. The smallest absolute Gasteiger partial charge is 0.321 e. The molecule has 3 amide bonds. The second-order valence-corrected chi connectivity index (χ2v) is 6.11. The second-order valence-electron chi connectivity index (χ2n) is 5.30. The van der Waals surface area contributed by atoms with Gasteiger partial charge < -0.3 is 10.1 Å². The highest BCUT2D eigenvalue weighted by atomic mass is 35.5. The molecule has 1 aromatic rings. The normalized spacial score (nSPS) is 12.1. The molecule has 1 rings (SSSR count). The molecule has 0 aliphatic carbocycles. The summed E-state index contributed by atoms with van der Waals surface area (Å²) in [5.74, 6) is -0.394. The lowest BCUT2D eigenvalue weighted by Gasteiger charge is -2.17. The van der Waals surface area contributed by atoms with Crippen LogP contribution >= 0.6 is 23.2 Å². The molecular weight excluding hydrogens is 341 g/mol.